The first-order chi connectivity index (χ1) is 9.50. The topological polar surface area (TPSA) is 49.9 Å². The summed E-state index contributed by atoms with van der Waals surface area (Å²) in [7, 11) is 3.24. The molecule has 1 rings (SSSR count). The van der Waals surface area contributed by atoms with Crippen LogP contribution >= 0.6 is 11.6 Å². The second-order valence-corrected chi connectivity index (χ2v) is 5.41. The van der Waals surface area contributed by atoms with E-state index in [1.807, 2.05) is 6.08 Å². The van der Waals surface area contributed by atoms with Crippen molar-refractivity contribution in [2.45, 2.75) is 38.2 Å². The van der Waals surface area contributed by atoms with Gasteiger partial charge in [-0.05, 0) is 43.4 Å². The number of allylic oxidation sites excluding steroid dienone is 1. The Labute approximate surface area is 125 Å². The highest BCUT2D eigenvalue weighted by Crippen LogP contribution is 2.15. The number of likely N-dealkylation sites (N-methyl/N-ethyl adjacent to an activating group) is 2. The molecule has 0 aromatic rings. The number of nitrogens with zero attached hydrogens (tertiary/aromatic N) is 2. The van der Waals surface area contributed by atoms with Crippen molar-refractivity contribution in [1.29, 1.82) is 0 Å². The summed E-state index contributed by atoms with van der Waals surface area (Å²) in [6, 6.07) is 0. The van der Waals surface area contributed by atoms with Gasteiger partial charge in [0.15, 0.2) is 0 Å². The number of rotatable bonds is 4. The molecule has 1 atom stereocenters. The van der Waals surface area contributed by atoms with Crippen molar-refractivity contribution < 1.29 is 14.3 Å². The minimum Gasteiger partial charge on any atom is -0.442 e. The van der Waals surface area contributed by atoms with Crippen molar-refractivity contribution in [1.82, 2.24) is 9.80 Å². The van der Waals surface area contributed by atoms with E-state index in [4.69, 9.17) is 16.3 Å². The summed E-state index contributed by atoms with van der Waals surface area (Å²) in [6.07, 6.45) is 8.93. The Hall–Kier alpha value is -1.23. The Balaban J connectivity index is 2.36. The summed E-state index contributed by atoms with van der Waals surface area (Å²) in [5.41, 5.74) is 0. The highest BCUT2D eigenvalue weighted by Gasteiger charge is 2.17. The summed E-state index contributed by atoms with van der Waals surface area (Å²) < 4.78 is 5.45. The summed E-state index contributed by atoms with van der Waals surface area (Å²) in [5.74, 6) is 0. The lowest BCUT2D eigenvalue weighted by Crippen LogP contribution is -2.37. The Kier molecular flexibility index (Phi) is 7.44. The standard InChI is InChI=1S/C14H23ClN2O3/c1-16(13(15)18)10-11-17(2)14(19)20-12-8-6-4-3-5-7-9-12/h6,8,12H,3-5,7,9-11H2,1-2H3/b8-6+. The van der Waals surface area contributed by atoms with E-state index in [-0.39, 0.29) is 12.2 Å². The van der Waals surface area contributed by atoms with Crippen LogP contribution in [0.25, 0.3) is 0 Å². The molecule has 0 saturated heterocycles. The maximum absolute atomic E-state index is 11.9. The molecule has 0 aromatic carbocycles. The maximum atomic E-state index is 11.9. The van der Waals surface area contributed by atoms with Crippen molar-refractivity contribution in [3.05, 3.63) is 12.2 Å². The van der Waals surface area contributed by atoms with E-state index >= 15 is 0 Å². The molecule has 20 heavy (non-hydrogen) atoms. The van der Waals surface area contributed by atoms with E-state index in [1.54, 1.807) is 14.1 Å². The van der Waals surface area contributed by atoms with Crippen LogP contribution in [0.5, 0.6) is 0 Å². The van der Waals surface area contributed by atoms with Crippen molar-refractivity contribution in [3.63, 3.8) is 0 Å². The van der Waals surface area contributed by atoms with Gasteiger partial charge in [0.25, 0.3) is 0 Å². The molecule has 1 unspecified atom stereocenters. The van der Waals surface area contributed by atoms with Gasteiger partial charge in [0.2, 0.25) is 0 Å². The molecule has 0 aliphatic heterocycles. The molecule has 0 fully saturated rings. The number of halogens is 1. The summed E-state index contributed by atoms with van der Waals surface area (Å²) in [5, 5.41) is -0.533. The predicted octanol–water partition coefficient (Wildman–Crippen LogP) is 3.23. The summed E-state index contributed by atoms with van der Waals surface area (Å²) >= 11 is 5.32. The third-order valence-corrected chi connectivity index (χ3v) is 3.63. The average Bonchev–Trinajstić information content (AvgIpc) is 2.38. The first-order valence-electron chi connectivity index (χ1n) is 6.99. The number of hydrogen-bond donors (Lipinski definition) is 0. The molecule has 2 amide bonds. The number of hydrogen-bond acceptors (Lipinski definition) is 3. The van der Waals surface area contributed by atoms with E-state index in [2.05, 4.69) is 6.08 Å². The van der Waals surface area contributed by atoms with Gasteiger partial charge in [-0.15, -0.1) is 0 Å². The second-order valence-electron chi connectivity index (χ2n) is 5.08. The molecule has 0 spiro atoms. The minimum atomic E-state index is -0.533. The van der Waals surface area contributed by atoms with Crippen LogP contribution in [-0.2, 0) is 4.74 Å². The quantitative estimate of drug-likeness (QED) is 0.455. The van der Waals surface area contributed by atoms with Gasteiger partial charge in [0, 0.05) is 27.2 Å². The molecular formula is C14H23ClN2O3. The summed E-state index contributed by atoms with van der Waals surface area (Å²) in [4.78, 5) is 25.6. The molecule has 0 N–H and O–H groups in total. The van der Waals surface area contributed by atoms with Crippen LogP contribution in [0.15, 0.2) is 12.2 Å². The first-order valence-corrected chi connectivity index (χ1v) is 7.37. The van der Waals surface area contributed by atoms with Gasteiger partial charge in [-0.3, -0.25) is 4.79 Å². The van der Waals surface area contributed by atoms with Crippen molar-refractivity contribution in [2.24, 2.45) is 0 Å². The van der Waals surface area contributed by atoms with Gasteiger partial charge in [0.05, 0.1) is 0 Å². The number of carbonyl (C=O) groups is 2. The maximum Gasteiger partial charge on any atom is 0.410 e. The molecule has 5 nitrogen and oxygen atoms in total. The van der Waals surface area contributed by atoms with Crippen molar-refractivity contribution in [2.75, 3.05) is 27.2 Å². The van der Waals surface area contributed by atoms with Crippen molar-refractivity contribution in [3.8, 4) is 0 Å². The van der Waals surface area contributed by atoms with Crippen LogP contribution < -0.4 is 0 Å². The van der Waals surface area contributed by atoms with E-state index in [1.165, 1.54) is 22.6 Å². The van der Waals surface area contributed by atoms with Gasteiger partial charge in [-0.1, -0.05) is 12.5 Å². The van der Waals surface area contributed by atoms with Crippen LogP contribution in [0, 0.1) is 0 Å². The zero-order chi connectivity index (χ0) is 15.0. The minimum absolute atomic E-state index is 0.141. The van der Waals surface area contributed by atoms with E-state index in [0.29, 0.717) is 13.1 Å². The molecule has 6 heteroatoms. The fourth-order valence-corrected chi connectivity index (χ4v) is 2.01. The van der Waals surface area contributed by atoms with Crippen LogP contribution in [0.4, 0.5) is 9.59 Å². The van der Waals surface area contributed by atoms with Crippen LogP contribution in [0.1, 0.15) is 32.1 Å². The lowest BCUT2D eigenvalue weighted by Gasteiger charge is -2.23. The highest BCUT2D eigenvalue weighted by molar-refractivity contribution is 6.62. The number of amides is 2. The normalized spacial score (nSPS) is 20.4. The fourth-order valence-electron chi connectivity index (χ4n) is 1.93. The van der Waals surface area contributed by atoms with Gasteiger partial charge < -0.3 is 14.5 Å². The molecule has 0 bridgehead atoms. The first kappa shape index (κ1) is 16.8. The molecule has 1 aliphatic rings. The third-order valence-electron chi connectivity index (χ3n) is 3.34. The Morgan fingerprint density at radius 1 is 1.20 bits per heavy atom. The Morgan fingerprint density at radius 2 is 1.90 bits per heavy atom. The SMILES string of the molecule is CN(CCN(C)C(=O)OC1/C=C/CCCCC1)C(=O)Cl. The Bertz CT molecular complexity index is 360. The number of carbonyl (C=O) groups excluding carboxylic acids is 2. The predicted molar refractivity (Wildman–Crippen MR) is 79.0 cm³/mol. The van der Waals surface area contributed by atoms with Crippen LogP contribution in [0.2, 0.25) is 0 Å². The third kappa shape index (κ3) is 6.28. The van der Waals surface area contributed by atoms with Gasteiger partial charge in [0.1, 0.15) is 6.10 Å². The van der Waals surface area contributed by atoms with Gasteiger partial charge in [-0.25, -0.2) is 4.79 Å². The lowest BCUT2D eigenvalue weighted by molar-refractivity contribution is 0.0812. The van der Waals surface area contributed by atoms with E-state index in [9.17, 15) is 9.59 Å². The molecule has 114 valence electrons. The second kappa shape index (κ2) is 8.84. The molecule has 0 radical (unpaired) electrons. The van der Waals surface area contributed by atoms with E-state index < -0.39 is 5.37 Å². The van der Waals surface area contributed by atoms with Crippen LogP contribution in [0.3, 0.4) is 0 Å². The van der Waals surface area contributed by atoms with Gasteiger partial charge >= 0.3 is 11.5 Å². The largest absolute Gasteiger partial charge is 0.442 e. The zero-order valence-corrected chi connectivity index (χ0v) is 12.9. The van der Waals surface area contributed by atoms with Gasteiger partial charge in [-0.2, -0.15) is 0 Å². The molecule has 1 aliphatic carbocycles. The van der Waals surface area contributed by atoms with E-state index in [0.717, 1.165) is 19.3 Å². The molecule has 0 aromatic heterocycles. The molecule has 0 saturated carbocycles. The molecule has 0 heterocycles. The average molecular weight is 303 g/mol. The number of ether oxygens (including phenoxy) is 1. The van der Waals surface area contributed by atoms with Crippen LogP contribution in [-0.4, -0.2) is 54.5 Å². The monoisotopic (exact) mass is 302 g/mol. The van der Waals surface area contributed by atoms with Crippen molar-refractivity contribution >= 4 is 23.1 Å². The zero-order valence-electron chi connectivity index (χ0n) is 12.2. The smallest absolute Gasteiger partial charge is 0.410 e. The fraction of sp³-hybridized carbons (Fsp3) is 0.714. The lowest BCUT2D eigenvalue weighted by atomic mass is 10.0. The Morgan fingerprint density at radius 3 is 2.60 bits per heavy atom. The summed E-state index contributed by atoms with van der Waals surface area (Å²) in [6.45, 7) is 0.776. The highest BCUT2D eigenvalue weighted by atomic mass is 35.5. The molecular weight excluding hydrogens is 280 g/mol.